The van der Waals surface area contributed by atoms with Crippen molar-refractivity contribution in [1.29, 1.82) is 0 Å². The number of imidazole rings is 1. The SMILES string of the molecule is O=S(=O)(NO)c1ncc[nH]1. The number of nitrogens with zero attached hydrogens (tertiary/aromatic N) is 1. The normalized spacial score (nSPS) is 11.7. The average Bonchev–Trinajstić information content (AvgIpc) is 2.38. The van der Waals surface area contributed by atoms with Gasteiger partial charge in [0.05, 0.1) is 0 Å². The maximum absolute atomic E-state index is 10.6. The van der Waals surface area contributed by atoms with E-state index in [2.05, 4.69) is 9.97 Å². The summed E-state index contributed by atoms with van der Waals surface area (Å²) in [5.41, 5.74) is 0. The molecule has 0 unspecified atom stereocenters. The van der Waals surface area contributed by atoms with E-state index in [0.717, 1.165) is 4.89 Å². The van der Waals surface area contributed by atoms with Crippen LogP contribution in [0.2, 0.25) is 0 Å². The van der Waals surface area contributed by atoms with E-state index in [1.165, 1.54) is 12.4 Å². The highest BCUT2D eigenvalue weighted by molar-refractivity contribution is 7.89. The Hall–Kier alpha value is -0.920. The number of hydrogen-bond acceptors (Lipinski definition) is 4. The molecule has 0 atom stereocenters. The molecule has 0 bridgehead atoms. The van der Waals surface area contributed by atoms with E-state index in [0.29, 0.717) is 0 Å². The molecule has 7 heteroatoms. The van der Waals surface area contributed by atoms with Gasteiger partial charge in [0.2, 0.25) is 5.16 Å². The molecule has 1 aromatic rings. The topological polar surface area (TPSA) is 95.1 Å². The maximum Gasteiger partial charge on any atom is 0.295 e. The Balaban J connectivity index is 3.09. The second-order valence-electron chi connectivity index (χ2n) is 1.49. The van der Waals surface area contributed by atoms with Gasteiger partial charge >= 0.3 is 0 Å². The monoisotopic (exact) mass is 163 g/mol. The van der Waals surface area contributed by atoms with Crippen LogP contribution in [0.15, 0.2) is 17.6 Å². The highest BCUT2D eigenvalue weighted by atomic mass is 32.2. The number of aromatic nitrogens is 2. The fraction of sp³-hybridized carbons (Fsp3) is 0. The van der Waals surface area contributed by atoms with Gasteiger partial charge in [-0.1, -0.05) is 4.89 Å². The van der Waals surface area contributed by atoms with Gasteiger partial charge in [-0.15, -0.1) is 0 Å². The zero-order chi connectivity index (χ0) is 7.61. The third kappa shape index (κ3) is 1.15. The van der Waals surface area contributed by atoms with E-state index in [-0.39, 0.29) is 5.16 Å². The minimum absolute atomic E-state index is 0.310. The zero-order valence-corrected chi connectivity index (χ0v) is 5.59. The second kappa shape index (κ2) is 2.37. The average molecular weight is 163 g/mol. The van der Waals surface area contributed by atoms with Gasteiger partial charge in [0.25, 0.3) is 10.0 Å². The van der Waals surface area contributed by atoms with E-state index in [4.69, 9.17) is 5.21 Å². The van der Waals surface area contributed by atoms with Gasteiger partial charge in [-0.3, -0.25) is 0 Å². The van der Waals surface area contributed by atoms with Crippen LogP contribution in [0.5, 0.6) is 0 Å². The van der Waals surface area contributed by atoms with Gasteiger partial charge in [0.15, 0.2) is 0 Å². The van der Waals surface area contributed by atoms with E-state index >= 15 is 0 Å². The van der Waals surface area contributed by atoms with Gasteiger partial charge in [0.1, 0.15) is 0 Å². The minimum Gasteiger partial charge on any atom is -0.334 e. The van der Waals surface area contributed by atoms with Crippen molar-refractivity contribution in [3.63, 3.8) is 0 Å². The van der Waals surface area contributed by atoms with Gasteiger partial charge in [-0.05, 0) is 0 Å². The van der Waals surface area contributed by atoms with Gasteiger partial charge in [0, 0.05) is 12.4 Å². The molecule has 1 heterocycles. The summed E-state index contributed by atoms with van der Waals surface area (Å²) >= 11 is 0. The lowest BCUT2D eigenvalue weighted by Crippen LogP contribution is -2.20. The van der Waals surface area contributed by atoms with E-state index in [1.54, 1.807) is 0 Å². The number of nitrogens with one attached hydrogen (secondary N) is 2. The number of hydrogen-bond donors (Lipinski definition) is 3. The van der Waals surface area contributed by atoms with Gasteiger partial charge < -0.3 is 10.2 Å². The molecule has 56 valence electrons. The molecule has 1 aromatic heterocycles. The Labute approximate surface area is 56.9 Å². The molecule has 0 aromatic carbocycles. The Morgan fingerprint density at radius 2 is 2.40 bits per heavy atom. The van der Waals surface area contributed by atoms with E-state index in [9.17, 15) is 8.42 Å². The maximum atomic E-state index is 10.6. The highest BCUT2D eigenvalue weighted by Crippen LogP contribution is 1.96. The molecule has 0 aliphatic heterocycles. The smallest absolute Gasteiger partial charge is 0.295 e. The van der Waals surface area contributed by atoms with Crippen LogP contribution < -0.4 is 4.89 Å². The fourth-order valence-electron chi connectivity index (χ4n) is 0.441. The lowest BCUT2D eigenvalue weighted by Gasteiger charge is -1.92. The number of H-pyrrole nitrogens is 1. The Kier molecular flexibility index (Phi) is 1.70. The van der Waals surface area contributed by atoms with E-state index < -0.39 is 10.0 Å². The number of aromatic amines is 1. The zero-order valence-electron chi connectivity index (χ0n) is 4.77. The molecule has 0 saturated heterocycles. The number of rotatable bonds is 2. The first-order valence-corrected chi connectivity index (χ1v) is 3.80. The van der Waals surface area contributed by atoms with Crippen molar-refractivity contribution in [3.05, 3.63) is 12.4 Å². The summed E-state index contributed by atoms with van der Waals surface area (Å²) < 4.78 is 21.2. The molecule has 6 nitrogen and oxygen atoms in total. The first-order chi connectivity index (χ1) is 4.67. The van der Waals surface area contributed by atoms with Crippen LogP contribution in [0.25, 0.3) is 0 Å². The molecule has 10 heavy (non-hydrogen) atoms. The third-order valence-electron chi connectivity index (χ3n) is 0.848. The summed E-state index contributed by atoms with van der Waals surface area (Å²) in [6, 6.07) is 0. The summed E-state index contributed by atoms with van der Waals surface area (Å²) in [5, 5.41) is 7.76. The molecule has 3 N–H and O–H groups in total. The largest absolute Gasteiger partial charge is 0.334 e. The fourth-order valence-corrected chi connectivity index (χ4v) is 0.950. The predicted molar refractivity (Wildman–Crippen MR) is 30.7 cm³/mol. The Morgan fingerprint density at radius 1 is 1.70 bits per heavy atom. The predicted octanol–water partition coefficient (Wildman–Crippen LogP) is -0.923. The molecular formula is C3H5N3O3S. The van der Waals surface area contributed by atoms with Crippen molar-refractivity contribution >= 4 is 10.0 Å². The van der Waals surface area contributed by atoms with Crippen molar-refractivity contribution in [3.8, 4) is 0 Å². The van der Waals surface area contributed by atoms with Crippen LogP contribution in [0, 0.1) is 0 Å². The molecule has 0 spiro atoms. The van der Waals surface area contributed by atoms with Gasteiger partial charge in [-0.25, -0.2) is 13.4 Å². The molecule has 0 amide bonds. The van der Waals surface area contributed by atoms with Crippen molar-refractivity contribution in [2.24, 2.45) is 0 Å². The molecule has 0 aliphatic rings. The van der Waals surface area contributed by atoms with Gasteiger partial charge in [-0.2, -0.15) is 0 Å². The molecular weight excluding hydrogens is 158 g/mol. The quantitative estimate of drug-likeness (QED) is 0.491. The number of sulfonamides is 1. The molecule has 0 radical (unpaired) electrons. The molecule has 0 saturated carbocycles. The lowest BCUT2D eigenvalue weighted by molar-refractivity contribution is 0.241. The van der Waals surface area contributed by atoms with Crippen molar-refractivity contribution in [2.45, 2.75) is 5.16 Å². The summed E-state index contributed by atoms with van der Waals surface area (Å²) in [5.74, 6) is 0. The second-order valence-corrected chi connectivity index (χ2v) is 3.07. The molecule has 0 fully saturated rings. The van der Waals surface area contributed by atoms with Crippen molar-refractivity contribution < 1.29 is 13.6 Å². The molecule has 0 aliphatic carbocycles. The van der Waals surface area contributed by atoms with Crippen LogP contribution in [0.3, 0.4) is 0 Å². The Morgan fingerprint density at radius 3 is 2.80 bits per heavy atom. The summed E-state index contributed by atoms with van der Waals surface area (Å²) in [4.78, 5) is 6.82. The lowest BCUT2D eigenvalue weighted by atomic mass is 11.0. The van der Waals surface area contributed by atoms with E-state index in [1.807, 2.05) is 0 Å². The minimum atomic E-state index is -3.82. The van der Waals surface area contributed by atoms with Crippen LogP contribution in [0.1, 0.15) is 0 Å². The standard InChI is InChI=1S/C3H5N3O3S/c7-6-10(8,9)3-4-1-2-5-3/h1-2,6-7H,(H,4,5). The van der Waals surface area contributed by atoms with Crippen LogP contribution >= 0.6 is 0 Å². The van der Waals surface area contributed by atoms with Crippen LogP contribution in [0.4, 0.5) is 0 Å². The van der Waals surface area contributed by atoms with Crippen LogP contribution in [-0.4, -0.2) is 23.6 Å². The summed E-state index contributed by atoms with van der Waals surface area (Å²) in [6.45, 7) is 0. The third-order valence-corrected chi connectivity index (χ3v) is 1.82. The first kappa shape index (κ1) is 7.19. The molecule has 1 rings (SSSR count). The highest BCUT2D eigenvalue weighted by Gasteiger charge is 2.13. The Bertz CT molecular complexity index is 289. The van der Waals surface area contributed by atoms with Crippen LogP contribution in [-0.2, 0) is 10.0 Å². The first-order valence-electron chi connectivity index (χ1n) is 2.32. The summed E-state index contributed by atoms with van der Waals surface area (Å²) in [6.07, 6.45) is 2.61. The summed E-state index contributed by atoms with van der Waals surface area (Å²) in [7, 11) is -3.82. The van der Waals surface area contributed by atoms with Crippen molar-refractivity contribution in [1.82, 2.24) is 14.9 Å². The van der Waals surface area contributed by atoms with Crippen molar-refractivity contribution in [2.75, 3.05) is 0 Å².